The number of aromatic nitrogens is 3. The fourth-order valence-electron chi connectivity index (χ4n) is 1.58. The molecule has 0 fully saturated rings. The van der Waals surface area contributed by atoms with E-state index in [0.717, 1.165) is 5.69 Å². The van der Waals surface area contributed by atoms with Gasteiger partial charge in [-0.2, -0.15) is 15.0 Å². The molecule has 0 saturated carbocycles. The molecular weight excluding hydrogens is 254 g/mol. The number of rotatable bonds is 6. The van der Waals surface area contributed by atoms with Crippen LogP contribution in [0.15, 0.2) is 30.3 Å². The average Bonchev–Trinajstić information content (AvgIpc) is 2.39. The maximum atomic E-state index is 5.36. The lowest BCUT2D eigenvalue weighted by atomic mass is 10.3. The van der Waals surface area contributed by atoms with Crippen LogP contribution in [0.4, 0.5) is 17.6 Å². The zero-order valence-corrected chi connectivity index (χ0v) is 11.9. The summed E-state index contributed by atoms with van der Waals surface area (Å²) in [5.74, 6) is 0.953. The highest BCUT2D eigenvalue weighted by molar-refractivity contribution is 5.53. The van der Waals surface area contributed by atoms with Gasteiger partial charge in [-0.05, 0) is 32.9 Å². The highest BCUT2D eigenvalue weighted by Gasteiger charge is 2.08. The molecule has 0 aliphatic carbocycles. The molecular formula is C14H19N5O. The Labute approximate surface area is 118 Å². The van der Waals surface area contributed by atoms with Crippen LogP contribution in [0.2, 0.25) is 0 Å². The third-order valence-corrected chi connectivity index (χ3v) is 2.34. The second-order valence-electron chi connectivity index (χ2n) is 4.49. The van der Waals surface area contributed by atoms with Gasteiger partial charge in [-0.1, -0.05) is 18.2 Å². The Morgan fingerprint density at radius 3 is 2.40 bits per heavy atom. The molecule has 20 heavy (non-hydrogen) atoms. The SMILES string of the molecule is CCOc1nc(Nc2ccccc2)nc(NC(C)C)n1. The molecule has 0 spiro atoms. The molecule has 6 heteroatoms. The quantitative estimate of drug-likeness (QED) is 0.843. The van der Waals surface area contributed by atoms with Gasteiger partial charge in [-0.15, -0.1) is 0 Å². The third kappa shape index (κ3) is 4.08. The van der Waals surface area contributed by atoms with Crippen molar-refractivity contribution >= 4 is 17.6 Å². The third-order valence-electron chi connectivity index (χ3n) is 2.34. The van der Waals surface area contributed by atoms with Gasteiger partial charge in [0.2, 0.25) is 11.9 Å². The fraction of sp³-hybridized carbons (Fsp3) is 0.357. The summed E-state index contributed by atoms with van der Waals surface area (Å²) in [6.45, 7) is 6.45. The van der Waals surface area contributed by atoms with Crippen LogP contribution in [0, 0.1) is 0 Å². The minimum absolute atomic E-state index is 0.233. The van der Waals surface area contributed by atoms with Crippen molar-refractivity contribution in [3.8, 4) is 6.01 Å². The molecule has 0 aliphatic rings. The molecule has 0 atom stereocenters. The smallest absolute Gasteiger partial charge is 0.323 e. The van der Waals surface area contributed by atoms with Crippen molar-refractivity contribution < 1.29 is 4.74 Å². The van der Waals surface area contributed by atoms with Crippen LogP contribution in [0.3, 0.4) is 0 Å². The van der Waals surface area contributed by atoms with Crippen molar-refractivity contribution in [2.75, 3.05) is 17.2 Å². The number of hydrogen-bond acceptors (Lipinski definition) is 6. The van der Waals surface area contributed by atoms with Crippen LogP contribution in [0.25, 0.3) is 0 Å². The van der Waals surface area contributed by atoms with Gasteiger partial charge in [-0.25, -0.2) is 0 Å². The Morgan fingerprint density at radius 1 is 1.05 bits per heavy atom. The Hall–Kier alpha value is -2.37. The molecule has 0 amide bonds. The largest absolute Gasteiger partial charge is 0.464 e. The Balaban J connectivity index is 2.24. The monoisotopic (exact) mass is 273 g/mol. The molecule has 0 saturated heterocycles. The van der Waals surface area contributed by atoms with Crippen molar-refractivity contribution in [3.63, 3.8) is 0 Å². The van der Waals surface area contributed by atoms with E-state index < -0.39 is 0 Å². The first kappa shape index (κ1) is 14.0. The maximum Gasteiger partial charge on any atom is 0.323 e. The summed E-state index contributed by atoms with van der Waals surface area (Å²) < 4.78 is 5.36. The topological polar surface area (TPSA) is 72.0 Å². The number of nitrogens with one attached hydrogen (secondary N) is 2. The van der Waals surface area contributed by atoms with Gasteiger partial charge in [0.25, 0.3) is 0 Å². The lowest BCUT2D eigenvalue weighted by molar-refractivity contribution is 0.312. The zero-order valence-electron chi connectivity index (χ0n) is 11.9. The molecule has 0 radical (unpaired) electrons. The van der Waals surface area contributed by atoms with Crippen LogP contribution in [0.1, 0.15) is 20.8 Å². The zero-order chi connectivity index (χ0) is 14.4. The summed E-state index contributed by atoms with van der Waals surface area (Å²) in [6.07, 6.45) is 0. The van der Waals surface area contributed by atoms with Crippen LogP contribution in [-0.4, -0.2) is 27.6 Å². The van der Waals surface area contributed by atoms with Gasteiger partial charge in [0.05, 0.1) is 6.61 Å². The molecule has 1 aromatic carbocycles. The minimum atomic E-state index is 0.233. The summed E-state index contributed by atoms with van der Waals surface area (Å²) in [6, 6.07) is 10.3. The first-order chi connectivity index (χ1) is 9.67. The van der Waals surface area contributed by atoms with Crippen molar-refractivity contribution in [1.29, 1.82) is 0 Å². The number of anilines is 3. The first-order valence-corrected chi connectivity index (χ1v) is 6.65. The summed E-state index contributed by atoms with van der Waals surface area (Å²) in [7, 11) is 0. The summed E-state index contributed by atoms with van der Waals surface area (Å²) >= 11 is 0. The average molecular weight is 273 g/mol. The molecule has 106 valence electrons. The molecule has 0 aliphatic heterocycles. The van der Waals surface area contributed by atoms with E-state index in [4.69, 9.17) is 4.74 Å². The highest BCUT2D eigenvalue weighted by Crippen LogP contribution is 2.16. The predicted molar refractivity (Wildman–Crippen MR) is 79.5 cm³/mol. The molecule has 2 rings (SSSR count). The van der Waals surface area contributed by atoms with E-state index in [1.54, 1.807) is 0 Å². The molecule has 6 nitrogen and oxygen atoms in total. The van der Waals surface area contributed by atoms with Crippen molar-refractivity contribution in [2.24, 2.45) is 0 Å². The van der Waals surface area contributed by atoms with Gasteiger partial charge < -0.3 is 15.4 Å². The Bertz CT molecular complexity index is 545. The van der Waals surface area contributed by atoms with Crippen LogP contribution in [0.5, 0.6) is 6.01 Å². The van der Waals surface area contributed by atoms with Crippen LogP contribution in [-0.2, 0) is 0 Å². The summed E-state index contributed by atoms with van der Waals surface area (Å²) in [4.78, 5) is 12.8. The van der Waals surface area contributed by atoms with E-state index in [0.29, 0.717) is 24.5 Å². The van der Waals surface area contributed by atoms with Crippen LogP contribution >= 0.6 is 0 Å². The van der Waals surface area contributed by atoms with Crippen molar-refractivity contribution in [3.05, 3.63) is 30.3 Å². The molecule has 1 heterocycles. The van der Waals surface area contributed by atoms with E-state index in [9.17, 15) is 0 Å². The fourth-order valence-corrected chi connectivity index (χ4v) is 1.58. The van der Waals surface area contributed by atoms with Gasteiger partial charge in [0.1, 0.15) is 0 Å². The van der Waals surface area contributed by atoms with Gasteiger partial charge in [0.15, 0.2) is 0 Å². The van der Waals surface area contributed by atoms with Crippen LogP contribution < -0.4 is 15.4 Å². The summed E-state index contributed by atoms with van der Waals surface area (Å²) in [5, 5.41) is 6.28. The van der Waals surface area contributed by atoms with Crippen molar-refractivity contribution in [2.45, 2.75) is 26.8 Å². The molecule has 2 N–H and O–H groups in total. The number of para-hydroxylation sites is 1. The van der Waals surface area contributed by atoms with Gasteiger partial charge in [0, 0.05) is 11.7 Å². The number of ether oxygens (including phenoxy) is 1. The van der Waals surface area contributed by atoms with E-state index in [2.05, 4.69) is 25.6 Å². The summed E-state index contributed by atoms with van der Waals surface area (Å²) in [5.41, 5.74) is 0.914. The number of hydrogen-bond donors (Lipinski definition) is 2. The lowest BCUT2D eigenvalue weighted by Crippen LogP contribution is -2.14. The van der Waals surface area contributed by atoms with Gasteiger partial charge in [-0.3, -0.25) is 0 Å². The predicted octanol–water partition coefficient (Wildman–Crippen LogP) is 2.83. The molecule has 1 aromatic heterocycles. The second-order valence-corrected chi connectivity index (χ2v) is 4.49. The van der Waals surface area contributed by atoms with Crippen molar-refractivity contribution in [1.82, 2.24) is 15.0 Å². The van der Waals surface area contributed by atoms with Gasteiger partial charge >= 0.3 is 6.01 Å². The maximum absolute atomic E-state index is 5.36. The van der Waals surface area contributed by atoms with E-state index in [-0.39, 0.29) is 6.04 Å². The molecule has 0 unspecified atom stereocenters. The first-order valence-electron chi connectivity index (χ1n) is 6.65. The lowest BCUT2D eigenvalue weighted by Gasteiger charge is -2.11. The number of benzene rings is 1. The van der Waals surface area contributed by atoms with E-state index in [1.165, 1.54) is 0 Å². The standard InChI is InChI=1S/C14H19N5O/c1-4-20-14-18-12(15-10(2)3)17-13(19-14)16-11-8-6-5-7-9-11/h5-10H,4H2,1-3H3,(H2,15,16,17,18,19). The molecule has 2 aromatic rings. The normalized spacial score (nSPS) is 10.4. The highest BCUT2D eigenvalue weighted by atomic mass is 16.5. The molecule has 0 bridgehead atoms. The second kappa shape index (κ2) is 6.70. The van der Waals surface area contributed by atoms with E-state index >= 15 is 0 Å². The Kier molecular flexibility index (Phi) is 4.70. The number of nitrogens with zero attached hydrogens (tertiary/aromatic N) is 3. The van der Waals surface area contributed by atoms with E-state index in [1.807, 2.05) is 51.1 Å². The Morgan fingerprint density at radius 2 is 1.75 bits per heavy atom. The minimum Gasteiger partial charge on any atom is -0.464 e.